The second-order valence-corrected chi connectivity index (χ2v) is 7.80. The molecule has 0 bridgehead atoms. The van der Waals surface area contributed by atoms with Crippen molar-refractivity contribution in [1.29, 1.82) is 0 Å². The second-order valence-electron chi connectivity index (χ2n) is 7.80. The van der Waals surface area contributed by atoms with Crippen molar-refractivity contribution in [2.45, 2.75) is 91.0 Å². The third-order valence-corrected chi connectivity index (χ3v) is 4.56. The van der Waals surface area contributed by atoms with Gasteiger partial charge < -0.3 is 4.57 Å². The number of unbranched alkanes of at least 4 members (excludes halogenated alkanes) is 7. The molecular formula is C21H34N2. The maximum absolute atomic E-state index is 4.90. The second kappa shape index (κ2) is 8.52. The summed E-state index contributed by atoms with van der Waals surface area (Å²) in [5.41, 5.74) is 2.52. The lowest BCUT2D eigenvalue weighted by Crippen LogP contribution is -2.19. The minimum absolute atomic E-state index is 0.0964. The number of benzene rings is 1. The van der Waals surface area contributed by atoms with Gasteiger partial charge in [-0.2, -0.15) is 0 Å². The molecule has 0 aliphatic rings. The lowest BCUT2D eigenvalue weighted by molar-refractivity contribution is 0.483. The summed E-state index contributed by atoms with van der Waals surface area (Å²) in [6.45, 7) is 10.2. The maximum Gasteiger partial charge on any atom is 0.115 e. The quantitative estimate of drug-likeness (QED) is 0.485. The zero-order valence-corrected chi connectivity index (χ0v) is 15.6. The van der Waals surface area contributed by atoms with Crippen LogP contribution in [0.2, 0.25) is 0 Å². The van der Waals surface area contributed by atoms with Gasteiger partial charge in [0.1, 0.15) is 5.82 Å². The van der Waals surface area contributed by atoms with Crippen molar-refractivity contribution in [3.63, 3.8) is 0 Å². The van der Waals surface area contributed by atoms with Gasteiger partial charge in [0.25, 0.3) is 0 Å². The number of hydrogen-bond donors (Lipinski definition) is 0. The van der Waals surface area contributed by atoms with E-state index in [0.29, 0.717) is 0 Å². The summed E-state index contributed by atoms with van der Waals surface area (Å²) in [6, 6.07) is 8.56. The zero-order valence-electron chi connectivity index (χ0n) is 15.6. The third-order valence-electron chi connectivity index (χ3n) is 4.56. The summed E-state index contributed by atoms with van der Waals surface area (Å²) in [5.74, 6) is 1.22. The highest BCUT2D eigenvalue weighted by atomic mass is 15.1. The molecule has 0 aliphatic heterocycles. The van der Waals surface area contributed by atoms with Crippen LogP contribution in [-0.2, 0) is 12.0 Å². The lowest BCUT2D eigenvalue weighted by Gasteiger charge is -2.20. The molecule has 128 valence electrons. The summed E-state index contributed by atoms with van der Waals surface area (Å²) in [6.07, 6.45) is 10.9. The van der Waals surface area contributed by atoms with E-state index >= 15 is 0 Å². The predicted molar refractivity (Wildman–Crippen MR) is 101 cm³/mol. The van der Waals surface area contributed by atoms with E-state index in [2.05, 4.69) is 56.5 Å². The number of imidazole rings is 1. The van der Waals surface area contributed by atoms with Crippen LogP contribution in [0.4, 0.5) is 0 Å². The van der Waals surface area contributed by atoms with E-state index in [1.165, 1.54) is 62.7 Å². The Bertz CT molecular complexity index is 589. The third kappa shape index (κ3) is 5.09. The van der Waals surface area contributed by atoms with Crippen molar-refractivity contribution >= 4 is 11.0 Å². The molecule has 2 heteroatoms. The van der Waals surface area contributed by atoms with Crippen LogP contribution in [0, 0.1) is 0 Å². The van der Waals surface area contributed by atoms with Gasteiger partial charge in [-0.3, -0.25) is 0 Å². The molecule has 1 aromatic heterocycles. The van der Waals surface area contributed by atoms with E-state index in [9.17, 15) is 0 Å². The van der Waals surface area contributed by atoms with Crippen molar-refractivity contribution < 1.29 is 0 Å². The van der Waals surface area contributed by atoms with Gasteiger partial charge in [0.2, 0.25) is 0 Å². The number of nitrogens with zero attached hydrogens (tertiary/aromatic N) is 2. The highest BCUT2D eigenvalue weighted by molar-refractivity contribution is 5.76. The fraction of sp³-hybridized carbons (Fsp3) is 0.667. The van der Waals surface area contributed by atoms with Crippen LogP contribution in [0.25, 0.3) is 11.0 Å². The van der Waals surface area contributed by atoms with Crippen molar-refractivity contribution in [2.24, 2.45) is 0 Å². The highest BCUT2D eigenvalue weighted by Gasteiger charge is 2.22. The number of aromatic nitrogens is 2. The fourth-order valence-electron chi connectivity index (χ4n) is 3.28. The zero-order chi connectivity index (χ0) is 16.7. The summed E-state index contributed by atoms with van der Waals surface area (Å²) in [5, 5.41) is 0. The number of aryl methyl sites for hydroxylation is 1. The first-order chi connectivity index (χ1) is 11.0. The van der Waals surface area contributed by atoms with Gasteiger partial charge >= 0.3 is 0 Å². The smallest absolute Gasteiger partial charge is 0.115 e. The molecule has 2 aromatic rings. The number of para-hydroxylation sites is 2. The van der Waals surface area contributed by atoms with E-state index in [0.717, 1.165) is 12.1 Å². The van der Waals surface area contributed by atoms with E-state index in [4.69, 9.17) is 4.98 Å². The van der Waals surface area contributed by atoms with Crippen LogP contribution in [-0.4, -0.2) is 9.55 Å². The minimum Gasteiger partial charge on any atom is -0.328 e. The average Bonchev–Trinajstić information content (AvgIpc) is 2.89. The van der Waals surface area contributed by atoms with Gasteiger partial charge in [0.05, 0.1) is 11.0 Å². The van der Waals surface area contributed by atoms with E-state index in [1.54, 1.807) is 0 Å². The SMILES string of the molecule is CCCCCCCCCCn1c(C(C)(C)C)nc2ccccc21. The van der Waals surface area contributed by atoms with Gasteiger partial charge in [0, 0.05) is 12.0 Å². The van der Waals surface area contributed by atoms with Crippen molar-refractivity contribution in [3.05, 3.63) is 30.1 Å². The van der Waals surface area contributed by atoms with Crippen molar-refractivity contribution in [3.8, 4) is 0 Å². The Morgan fingerprint density at radius 1 is 0.870 bits per heavy atom. The summed E-state index contributed by atoms with van der Waals surface area (Å²) < 4.78 is 2.45. The molecule has 0 radical (unpaired) electrons. The van der Waals surface area contributed by atoms with Crippen LogP contribution in [0.15, 0.2) is 24.3 Å². The van der Waals surface area contributed by atoms with Crippen LogP contribution in [0.3, 0.4) is 0 Å². The molecular weight excluding hydrogens is 280 g/mol. The van der Waals surface area contributed by atoms with Gasteiger partial charge in [-0.15, -0.1) is 0 Å². The highest BCUT2D eigenvalue weighted by Crippen LogP contribution is 2.26. The number of fused-ring (bicyclic) bond motifs is 1. The Labute approximate surface area is 142 Å². The molecule has 0 fully saturated rings. The number of hydrogen-bond acceptors (Lipinski definition) is 1. The Morgan fingerprint density at radius 3 is 2.13 bits per heavy atom. The first kappa shape index (κ1) is 18.0. The van der Waals surface area contributed by atoms with Crippen LogP contribution >= 0.6 is 0 Å². The Kier molecular flexibility index (Phi) is 6.68. The van der Waals surface area contributed by atoms with Crippen LogP contribution < -0.4 is 0 Å². The molecule has 2 nitrogen and oxygen atoms in total. The molecule has 0 saturated heterocycles. The Balaban J connectivity index is 1.91. The van der Waals surface area contributed by atoms with Crippen LogP contribution in [0.1, 0.15) is 84.9 Å². The van der Waals surface area contributed by atoms with E-state index in [-0.39, 0.29) is 5.41 Å². The standard InChI is InChI=1S/C21H34N2/c1-5-6-7-8-9-10-11-14-17-23-19-16-13-12-15-18(19)22-20(23)21(2,3)4/h12-13,15-16H,5-11,14,17H2,1-4H3. The van der Waals surface area contributed by atoms with Gasteiger partial charge in [-0.1, -0.05) is 84.8 Å². The lowest BCUT2D eigenvalue weighted by atomic mass is 9.95. The Morgan fingerprint density at radius 2 is 1.48 bits per heavy atom. The molecule has 0 aliphatic carbocycles. The van der Waals surface area contributed by atoms with E-state index in [1.807, 2.05) is 0 Å². The van der Waals surface area contributed by atoms with Gasteiger partial charge in [-0.05, 0) is 18.6 Å². The normalized spacial score (nSPS) is 12.2. The molecule has 23 heavy (non-hydrogen) atoms. The molecule has 2 rings (SSSR count). The van der Waals surface area contributed by atoms with Gasteiger partial charge in [0.15, 0.2) is 0 Å². The molecule has 0 amide bonds. The molecule has 0 saturated carbocycles. The molecule has 0 unspecified atom stereocenters. The first-order valence-corrected chi connectivity index (χ1v) is 9.50. The molecule has 1 aromatic carbocycles. The first-order valence-electron chi connectivity index (χ1n) is 9.50. The Hall–Kier alpha value is -1.31. The monoisotopic (exact) mass is 314 g/mol. The van der Waals surface area contributed by atoms with Gasteiger partial charge in [-0.25, -0.2) is 4.98 Å². The minimum atomic E-state index is 0.0964. The van der Waals surface area contributed by atoms with Crippen molar-refractivity contribution in [1.82, 2.24) is 9.55 Å². The summed E-state index contributed by atoms with van der Waals surface area (Å²) >= 11 is 0. The predicted octanol–water partition coefficient (Wildman–Crippen LogP) is 6.47. The molecule has 0 N–H and O–H groups in total. The van der Waals surface area contributed by atoms with Crippen LogP contribution in [0.5, 0.6) is 0 Å². The number of rotatable bonds is 9. The fourth-order valence-corrected chi connectivity index (χ4v) is 3.28. The van der Waals surface area contributed by atoms with E-state index < -0.39 is 0 Å². The average molecular weight is 315 g/mol. The largest absolute Gasteiger partial charge is 0.328 e. The molecule has 1 heterocycles. The summed E-state index contributed by atoms with van der Waals surface area (Å²) in [7, 11) is 0. The maximum atomic E-state index is 4.90. The summed E-state index contributed by atoms with van der Waals surface area (Å²) in [4.78, 5) is 4.90. The topological polar surface area (TPSA) is 17.8 Å². The molecule has 0 atom stereocenters. The van der Waals surface area contributed by atoms with Crippen molar-refractivity contribution in [2.75, 3.05) is 0 Å². The molecule has 0 spiro atoms.